The molecule has 1 aliphatic carbocycles. The summed E-state index contributed by atoms with van der Waals surface area (Å²) in [4.78, 5) is 15.7. The van der Waals surface area contributed by atoms with E-state index in [2.05, 4.69) is 6.58 Å². The summed E-state index contributed by atoms with van der Waals surface area (Å²) in [5.41, 5.74) is 0.975. The van der Waals surface area contributed by atoms with E-state index in [0.717, 1.165) is 36.9 Å². The van der Waals surface area contributed by atoms with Gasteiger partial charge in [0.15, 0.2) is 5.54 Å². The minimum Gasteiger partial charge on any atom is -0.460 e. The predicted molar refractivity (Wildman–Crippen MR) is 111 cm³/mol. The second-order valence-corrected chi connectivity index (χ2v) is 7.28. The number of carbonyl (C=O) groups is 1. The summed E-state index contributed by atoms with van der Waals surface area (Å²) < 4.78 is 6.08. The summed E-state index contributed by atoms with van der Waals surface area (Å²) in [7, 11) is 1.97. The van der Waals surface area contributed by atoms with Gasteiger partial charge in [0.25, 0.3) is 0 Å². The van der Waals surface area contributed by atoms with Gasteiger partial charge in [-0.15, -0.1) is 6.58 Å². The van der Waals surface area contributed by atoms with Crippen LogP contribution in [-0.4, -0.2) is 19.1 Å². The van der Waals surface area contributed by atoms with Crippen molar-refractivity contribution in [1.29, 1.82) is 0 Å². The molecule has 3 heteroatoms. The molecule has 0 bridgehead atoms. The number of anilines is 1. The van der Waals surface area contributed by atoms with Crippen LogP contribution in [0.3, 0.4) is 0 Å². The maximum Gasteiger partial charge on any atom is 0.337 e. The van der Waals surface area contributed by atoms with Gasteiger partial charge < -0.3 is 9.64 Å². The van der Waals surface area contributed by atoms with E-state index < -0.39 is 5.54 Å². The van der Waals surface area contributed by atoms with Crippen molar-refractivity contribution < 1.29 is 9.53 Å². The van der Waals surface area contributed by atoms with E-state index in [-0.39, 0.29) is 12.1 Å². The molecular formula is C24H29NO2. The first-order valence-electron chi connectivity index (χ1n) is 9.85. The molecule has 2 aromatic rings. The third-order valence-corrected chi connectivity index (χ3v) is 5.57. The highest BCUT2D eigenvalue weighted by Crippen LogP contribution is 2.38. The molecule has 3 nitrogen and oxygen atoms in total. The fourth-order valence-electron chi connectivity index (χ4n) is 4.01. The number of nitrogens with zero attached hydrogens (tertiary/aromatic N) is 1. The van der Waals surface area contributed by atoms with Gasteiger partial charge in [-0.05, 0) is 43.4 Å². The molecule has 0 saturated heterocycles. The number of rotatable bonds is 7. The molecule has 27 heavy (non-hydrogen) atoms. The van der Waals surface area contributed by atoms with E-state index in [1.165, 1.54) is 6.42 Å². The lowest BCUT2D eigenvalue weighted by molar-refractivity contribution is -0.157. The normalized spacial score (nSPS) is 16.9. The molecule has 142 valence electrons. The second-order valence-electron chi connectivity index (χ2n) is 7.28. The van der Waals surface area contributed by atoms with Gasteiger partial charge >= 0.3 is 5.97 Å². The zero-order chi connectivity index (χ0) is 19.1. The van der Waals surface area contributed by atoms with Crippen LogP contribution in [0.5, 0.6) is 0 Å². The molecule has 0 aromatic heterocycles. The summed E-state index contributed by atoms with van der Waals surface area (Å²) in [6, 6.07) is 19.9. The van der Waals surface area contributed by atoms with Crippen LogP contribution >= 0.6 is 0 Å². The lowest BCUT2D eigenvalue weighted by Gasteiger charge is -2.42. The Morgan fingerprint density at radius 3 is 2.26 bits per heavy atom. The topological polar surface area (TPSA) is 29.5 Å². The molecule has 0 amide bonds. The van der Waals surface area contributed by atoms with E-state index in [4.69, 9.17) is 4.74 Å². The van der Waals surface area contributed by atoms with Crippen molar-refractivity contribution in [2.75, 3.05) is 11.9 Å². The summed E-state index contributed by atoms with van der Waals surface area (Å²) in [6.07, 6.45) is 7.72. The largest absolute Gasteiger partial charge is 0.460 e. The number of likely N-dealkylation sites (N-methyl/N-ethyl adjacent to an activating group) is 1. The van der Waals surface area contributed by atoms with Crippen LogP contribution in [0.25, 0.3) is 0 Å². The monoisotopic (exact) mass is 363 g/mol. The van der Waals surface area contributed by atoms with Crippen molar-refractivity contribution >= 4 is 11.7 Å². The first-order valence-corrected chi connectivity index (χ1v) is 9.85. The Morgan fingerprint density at radius 2 is 1.67 bits per heavy atom. The number of para-hydroxylation sites is 1. The fraction of sp³-hybridized carbons (Fsp3) is 0.375. The lowest BCUT2D eigenvalue weighted by atomic mass is 9.84. The van der Waals surface area contributed by atoms with Gasteiger partial charge in [0, 0.05) is 19.2 Å². The molecule has 1 saturated carbocycles. The fourth-order valence-corrected chi connectivity index (χ4v) is 4.01. The second kappa shape index (κ2) is 8.90. The van der Waals surface area contributed by atoms with E-state index in [1.807, 2.05) is 78.7 Å². The van der Waals surface area contributed by atoms with Crippen LogP contribution in [0.4, 0.5) is 5.69 Å². The van der Waals surface area contributed by atoms with Crippen LogP contribution in [0.2, 0.25) is 0 Å². The summed E-state index contributed by atoms with van der Waals surface area (Å²) in [6.45, 7) is 3.94. The van der Waals surface area contributed by atoms with Crippen LogP contribution in [0, 0.1) is 0 Å². The molecular weight excluding hydrogens is 334 g/mol. The minimum atomic E-state index is -0.929. The lowest BCUT2D eigenvalue weighted by Crippen LogP contribution is -2.52. The zero-order valence-electron chi connectivity index (χ0n) is 16.1. The Balaban J connectivity index is 2.03. The van der Waals surface area contributed by atoms with Crippen LogP contribution < -0.4 is 4.90 Å². The molecule has 1 unspecified atom stereocenters. The minimum absolute atomic E-state index is 0.0170. The maximum absolute atomic E-state index is 13.6. The van der Waals surface area contributed by atoms with Crippen LogP contribution in [0.1, 0.15) is 44.1 Å². The van der Waals surface area contributed by atoms with Crippen LogP contribution in [-0.2, 0) is 15.1 Å². The molecule has 0 heterocycles. The van der Waals surface area contributed by atoms with Crippen molar-refractivity contribution in [3.63, 3.8) is 0 Å². The van der Waals surface area contributed by atoms with E-state index in [1.54, 1.807) is 0 Å². The Bertz CT molecular complexity index is 737. The van der Waals surface area contributed by atoms with E-state index in [0.29, 0.717) is 6.42 Å². The highest BCUT2D eigenvalue weighted by Gasteiger charge is 2.45. The molecule has 0 spiro atoms. The van der Waals surface area contributed by atoms with Crippen molar-refractivity contribution in [1.82, 2.24) is 0 Å². The summed E-state index contributed by atoms with van der Waals surface area (Å²) >= 11 is 0. The number of benzene rings is 2. The zero-order valence-corrected chi connectivity index (χ0v) is 16.1. The number of ether oxygens (including phenoxy) is 1. The molecule has 1 atom stereocenters. The van der Waals surface area contributed by atoms with Crippen molar-refractivity contribution in [2.24, 2.45) is 0 Å². The third-order valence-electron chi connectivity index (χ3n) is 5.57. The average Bonchev–Trinajstić information content (AvgIpc) is 2.73. The molecule has 2 aromatic carbocycles. The number of carbonyl (C=O) groups excluding carboxylic acids is 1. The average molecular weight is 364 g/mol. The highest BCUT2D eigenvalue weighted by atomic mass is 16.5. The molecule has 0 N–H and O–H groups in total. The predicted octanol–water partition coefficient (Wildman–Crippen LogP) is 5.47. The number of esters is 1. The number of hydrogen-bond donors (Lipinski definition) is 0. The summed E-state index contributed by atoms with van der Waals surface area (Å²) in [5.74, 6) is -0.188. The third kappa shape index (κ3) is 4.08. The standard InChI is InChI=1S/C24H29NO2/c1-3-19-24(20-13-7-4-8-14-20,25(2)21-15-9-5-10-16-21)23(26)27-22-17-11-6-12-18-22/h3-5,7-10,13-16,22H,1,6,11-12,17-19H2,2H3. The number of hydrogen-bond acceptors (Lipinski definition) is 3. The van der Waals surface area contributed by atoms with E-state index >= 15 is 0 Å². The molecule has 1 fully saturated rings. The quantitative estimate of drug-likeness (QED) is 0.482. The van der Waals surface area contributed by atoms with Gasteiger partial charge in [-0.3, -0.25) is 0 Å². The molecule has 3 rings (SSSR count). The van der Waals surface area contributed by atoms with Gasteiger partial charge in [0.1, 0.15) is 6.10 Å². The SMILES string of the molecule is C=CCC(C(=O)OC1CCCCC1)(c1ccccc1)N(C)c1ccccc1. The maximum atomic E-state index is 13.6. The molecule has 0 radical (unpaired) electrons. The van der Waals surface area contributed by atoms with Crippen molar-refractivity contribution in [3.05, 3.63) is 78.9 Å². The van der Waals surface area contributed by atoms with Gasteiger partial charge in [-0.1, -0.05) is 61.0 Å². The van der Waals surface area contributed by atoms with Gasteiger partial charge in [0.05, 0.1) is 0 Å². The Morgan fingerprint density at radius 1 is 1.07 bits per heavy atom. The van der Waals surface area contributed by atoms with Crippen molar-refractivity contribution in [2.45, 2.75) is 50.2 Å². The van der Waals surface area contributed by atoms with E-state index in [9.17, 15) is 4.79 Å². The first kappa shape index (κ1) is 19.2. The highest BCUT2D eigenvalue weighted by molar-refractivity contribution is 5.87. The van der Waals surface area contributed by atoms with Gasteiger partial charge in [-0.2, -0.15) is 0 Å². The van der Waals surface area contributed by atoms with Gasteiger partial charge in [0.2, 0.25) is 0 Å². The Kier molecular flexibility index (Phi) is 6.33. The Labute approximate surface area is 162 Å². The summed E-state index contributed by atoms with van der Waals surface area (Å²) in [5, 5.41) is 0. The molecule has 0 aliphatic heterocycles. The van der Waals surface area contributed by atoms with Crippen LogP contribution in [0.15, 0.2) is 73.3 Å². The van der Waals surface area contributed by atoms with Gasteiger partial charge in [-0.25, -0.2) is 4.79 Å². The Hall–Kier alpha value is -2.55. The smallest absolute Gasteiger partial charge is 0.337 e. The van der Waals surface area contributed by atoms with Crippen molar-refractivity contribution in [3.8, 4) is 0 Å². The first-order chi connectivity index (χ1) is 13.2. The molecule has 1 aliphatic rings.